The maximum atomic E-state index is 12.5. The summed E-state index contributed by atoms with van der Waals surface area (Å²) < 4.78 is 0. The molecule has 130 valence electrons. The molecule has 0 radical (unpaired) electrons. The Morgan fingerprint density at radius 2 is 1.65 bits per heavy atom. The molecule has 6 heteroatoms. The molecule has 0 spiro atoms. The fourth-order valence-electron chi connectivity index (χ4n) is 3.92. The van der Waals surface area contributed by atoms with Crippen LogP contribution in [0.5, 0.6) is 0 Å². The van der Waals surface area contributed by atoms with E-state index in [1.807, 2.05) is 9.80 Å². The Hall–Kier alpha value is -1.30. The van der Waals surface area contributed by atoms with Crippen molar-refractivity contribution in [3.63, 3.8) is 0 Å². The zero-order valence-corrected chi connectivity index (χ0v) is 14.2. The normalized spacial score (nSPS) is 29.6. The van der Waals surface area contributed by atoms with Crippen LogP contribution in [0.3, 0.4) is 0 Å². The van der Waals surface area contributed by atoms with E-state index >= 15 is 0 Å². The van der Waals surface area contributed by atoms with Crippen molar-refractivity contribution in [1.29, 1.82) is 0 Å². The van der Waals surface area contributed by atoms with Crippen LogP contribution in [-0.4, -0.2) is 67.0 Å². The largest absolute Gasteiger partial charge is 0.352 e. The Bertz CT molecular complexity index is 428. The number of rotatable bonds is 2. The quantitative estimate of drug-likeness (QED) is 0.798. The highest BCUT2D eigenvalue weighted by Crippen LogP contribution is 2.21. The van der Waals surface area contributed by atoms with Crippen LogP contribution in [0.15, 0.2) is 0 Å². The summed E-state index contributed by atoms with van der Waals surface area (Å²) in [5.74, 6) is 0.780. The van der Waals surface area contributed by atoms with Crippen LogP contribution in [-0.2, 0) is 4.79 Å². The van der Waals surface area contributed by atoms with E-state index in [9.17, 15) is 9.59 Å². The second kappa shape index (κ2) is 7.51. The fraction of sp³-hybridized carbons (Fsp3) is 0.882. The predicted molar refractivity (Wildman–Crippen MR) is 89.1 cm³/mol. The molecule has 3 rings (SSSR count). The van der Waals surface area contributed by atoms with Gasteiger partial charge < -0.3 is 20.4 Å². The highest BCUT2D eigenvalue weighted by Gasteiger charge is 2.32. The summed E-state index contributed by atoms with van der Waals surface area (Å²) >= 11 is 0. The van der Waals surface area contributed by atoms with Gasteiger partial charge in [-0.2, -0.15) is 0 Å². The minimum atomic E-state index is 0.0618. The molecule has 3 heterocycles. The first kappa shape index (κ1) is 16.6. The van der Waals surface area contributed by atoms with Crippen molar-refractivity contribution in [2.75, 3.05) is 39.3 Å². The summed E-state index contributed by atoms with van der Waals surface area (Å²) in [6.07, 6.45) is 4.95. The molecule has 3 fully saturated rings. The van der Waals surface area contributed by atoms with Gasteiger partial charge in [0.15, 0.2) is 0 Å². The Morgan fingerprint density at radius 1 is 1.00 bits per heavy atom. The third-order valence-electron chi connectivity index (χ3n) is 5.67. The number of nitrogens with zero attached hydrogens (tertiary/aromatic N) is 2. The van der Waals surface area contributed by atoms with Gasteiger partial charge in [0.05, 0.1) is 0 Å². The Balaban J connectivity index is 1.44. The second-order valence-electron chi connectivity index (χ2n) is 7.32. The summed E-state index contributed by atoms with van der Waals surface area (Å²) in [5, 5.41) is 6.58. The number of hydrogen-bond donors (Lipinski definition) is 2. The Morgan fingerprint density at radius 3 is 2.30 bits per heavy atom. The lowest BCUT2D eigenvalue weighted by atomic mass is 9.92. The maximum absolute atomic E-state index is 12.5. The maximum Gasteiger partial charge on any atom is 0.319 e. The molecule has 0 aromatic carbocycles. The second-order valence-corrected chi connectivity index (χ2v) is 7.32. The number of piperidine rings is 2. The molecule has 3 aliphatic rings. The Labute approximate surface area is 139 Å². The summed E-state index contributed by atoms with van der Waals surface area (Å²) in [5.41, 5.74) is 0. The molecule has 2 atom stereocenters. The smallest absolute Gasteiger partial charge is 0.319 e. The highest BCUT2D eigenvalue weighted by molar-refractivity contribution is 5.80. The van der Waals surface area contributed by atoms with Gasteiger partial charge in [0.1, 0.15) is 0 Å². The number of carbonyl (C=O) groups excluding carboxylic acids is 2. The first-order valence-electron chi connectivity index (χ1n) is 9.20. The van der Waals surface area contributed by atoms with Gasteiger partial charge in [-0.3, -0.25) is 4.79 Å². The average molecular weight is 322 g/mol. The summed E-state index contributed by atoms with van der Waals surface area (Å²) in [6, 6.07) is 0.423. The number of urea groups is 1. The molecule has 23 heavy (non-hydrogen) atoms. The molecule has 3 saturated heterocycles. The van der Waals surface area contributed by atoms with Crippen molar-refractivity contribution < 1.29 is 9.59 Å². The number of hydrogen-bond acceptors (Lipinski definition) is 3. The van der Waals surface area contributed by atoms with Crippen LogP contribution < -0.4 is 10.6 Å². The molecule has 2 unspecified atom stereocenters. The predicted octanol–water partition coefficient (Wildman–Crippen LogP) is 1.03. The minimum absolute atomic E-state index is 0.0618. The van der Waals surface area contributed by atoms with Crippen molar-refractivity contribution >= 4 is 11.9 Å². The molecular formula is C17H30N4O2. The van der Waals surface area contributed by atoms with Crippen molar-refractivity contribution in [2.24, 2.45) is 11.8 Å². The zero-order valence-electron chi connectivity index (χ0n) is 14.2. The number of carbonyl (C=O) groups is 2. The molecule has 6 nitrogen and oxygen atoms in total. The van der Waals surface area contributed by atoms with E-state index < -0.39 is 0 Å². The van der Waals surface area contributed by atoms with Crippen LogP contribution in [0.4, 0.5) is 4.79 Å². The molecule has 0 bridgehead atoms. The standard InChI is InChI=1S/C17H30N4O2/c1-13-4-7-18-12-15(13)19-16(22)14-5-10-21(11-6-14)17(23)20-8-2-3-9-20/h13-15,18H,2-12H2,1H3,(H,19,22). The van der Waals surface area contributed by atoms with E-state index in [-0.39, 0.29) is 23.9 Å². The molecule has 3 aliphatic heterocycles. The third kappa shape index (κ3) is 3.97. The van der Waals surface area contributed by atoms with Crippen LogP contribution in [0.25, 0.3) is 0 Å². The van der Waals surface area contributed by atoms with Gasteiger partial charge in [-0.05, 0) is 44.6 Å². The molecule has 0 aromatic heterocycles. The summed E-state index contributed by atoms with van der Waals surface area (Å²) in [6.45, 7) is 7.35. The van der Waals surface area contributed by atoms with E-state index in [1.54, 1.807) is 0 Å². The third-order valence-corrected chi connectivity index (χ3v) is 5.67. The van der Waals surface area contributed by atoms with E-state index in [2.05, 4.69) is 17.6 Å². The number of nitrogens with one attached hydrogen (secondary N) is 2. The molecule has 0 saturated carbocycles. The lowest BCUT2D eigenvalue weighted by Crippen LogP contribution is -2.53. The van der Waals surface area contributed by atoms with Gasteiger partial charge in [-0.25, -0.2) is 4.79 Å². The van der Waals surface area contributed by atoms with E-state index in [4.69, 9.17) is 0 Å². The van der Waals surface area contributed by atoms with Gasteiger partial charge in [0, 0.05) is 44.7 Å². The van der Waals surface area contributed by atoms with Crippen LogP contribution in [0.2, 0.25) is 0 Å². The molecule has 3 amide bonds. The first-order valence-corrected chi connectivity index (χ1v) is 9.20. The van der Waals surface area contributed by atoms with Gasteiger partial charge >= 0.3 is 6.03 Å². The topological polar surface area (TPSA) is 64.7 Å². The number of amides is 3. The van der Waals surface area contributed by atoms with Crippen molar-refractivity contribution in [2.45, 2.75) is 45.1 Å². The van der Waals surface area contributed by atoms with Crippen molar-refractivity contribution in [3.8, 4) is 0 Å². The van der Waals surface area contributed by atoms with E-state index in [1.165, 1.54) is 0 Å². The van der Waals surface area contributed by atoms with E-state index in [0.717, 1.165) is 58.3 Å². The van der Waals surface area contributed by atoms with E-state index in [0.29, 0.717) is 19.0 Å². The summed E-state index contributed by atoms with van der Waals surface area (Å²) in [7, 11) is 0. The van der Waals surface area contributed by atoms with Crippen molar-refractivity contribution in [3.05, 3.63) is 0 Å². The lowest BCUT2D eigenvalue weighted by molar-refractivity contribution is -0.127. The minimum Gasteiger partial charge on any atom is -0.352 e. The van der Waals surface area contributed by atoms with Gasteiger partial charge in [0.25, 0.3) is 0 Å². The molecule has 0 aliphatic carbocycles. The van der Waals surface area contributed by atoms with Gasteiger partial charge in [-0.1, -0.05) is 6.92 Å². The highest BCUT2D eigenvalue weighted by atomic mass is 16.2. The zero-order chi connectivity index (χ0) is 16.2. The molecule has 0 aromatic rings. The Kier molecular flexibility index (Phi) is 5.41. The SMILES string of the molecule is CC1CCNCC1NC(=O)C1CCN(C(=O)N2CCCC2)CC1. The molecular weight excluding hydrogens is 292 g/mol. The van der Waals surface area contributed by atoms with Crippen LogP contribution in [0.1, 0.15) is 39.0 Å². The lowest BCUT2D eigenvalue weighted by Gasteiger charge is -2.36. The van der Waals surface area contributed by atoms with Crippen LogP contribution >= 0.6 is 0 Å². The number of likely N-dealkylation sites (tertiary alicyclic amines) is 2. The summed E-state index contributed by atoms with van der Waals surface area (Å²) in [4.78, 5) is 28.8. The van der Waals surface area contributed by atoms with Gasteiger partial charge in [-0.15, -0.1) is 0 Å². The monoisotopic (exact) mass is 322 g/mol. The molecule has 2 N–H and O–H groups in total. The first-order chi connectivity index (χ1) is 11.1. The van der Waals surface area contributed by atoms with Crippen molar-refractivity contribution in [1.82, 2.24) is 20.4 Å². The fourth-order valence-corrected chi connectivity index (χ4v) is 3.92. The average Bonchev–Trinajstić information content (AvgIpc) is 3.11. The van der Waals surface area contributed by atoms with Crippen LogP contribution in [0, 0.1) is 11.8 Å². The van der Waals surface area contributed by atoms with Gasteiger partial charge in [0.2, 0.25) is 5.91 Å².